The molecule has 2 aliphatic heterocycles. The second kappa shape index (κ2) is 9.18. The number of ether oxygens (including phenoxy) is 1. The van der Waals surface area contributed by atoms with Crippen molar-refractivity contribution in [3.8, 4) is 5.75 Å². The first kappa shape index (κ1) is 20.9. The van der Waals surface area contributed by atoms with E-state index in [1.54, 1.807) is 12.1 Å². The number of aliphatic imine (C=N–C) groups is 1. The highest BCUT2D eigenvalue weighted by Crippen LogP contribution is 2.32. The number of hydrazone groups is 1. The number of hydrogen-bond donors (Lipinski definition) is 1. The monoisotopic (exact) mass is 421 g/mol. The zero-order valence-corrected chi connectivity index (χ0v) is 17.9. The number of para-hydroxylation sites is 1. The van der Waals surface area contributed by atoms with Gasteiger partial charge < -0.3 is 19.6 Å². The standard InChI is InChI=1S/C23H27N5O3/c1-3-26(4-2)18-10-11-19(20(29)16-18)24-21-22(27-12-14-31-15-13-27)25-28(23(21)30)17-8-6-5-7-9-17/h5-11,16,29H,3-4,12-15H2,1-2H3. The summed E-state index contributed by atoms with van der Waals surface area (Å²) in [6.45, 7) is 8.18. The largest absolute Gasteiger partial charge is 0.506 e. The summed E-state index contributed by atoms with van der Waals surface area (Å²) in [7, 11) is 0. The Bertz CT molecular complexity index is 996. The highest BCUT2D eigenvalue weighted by molar-refractivity contribution is 6.71. The molecule has 8 heteroatoms. The predicted octanol–water partition coefficient (Wildman–Crippen LogP) is 3.00. The number of rotatable bonds is 5. The second-order valence-corrected chi connectivity index (χ2v) is 7.28. The summed E-state index contributed by atoms with van der Waals surface area (Å²) < 4.78 is 5.45. The smallest absolute Gasteiger partial charge is 0.301 e. The number of phenolic OH excluding ortho intramolecular Hbond substituents is 1. The van der Waals surface area contributed by atoms with Crippen LogP contribution in [0.3, 0.4) is 0 Å². The molecule has 2 aliphatic rings. The lowest BCUT2D eigenvalue weighted by atomic mass is 10.2. The fourth-order valence-corrected chi connectivity index (χ4v) is 3.73. The Kier molecular flexibility index (Phi) is 6.18. The average Bonchev–Trinajstić information content (AvgIpc) is 3.13. The SMILES string of the molecule is CCN(CC)c1ccc(N=C2C(=O)N(c3ccccc3)N=C2N2CCOCC2)c(O)c1. The molecule has 4 rings (SSSR count). The lowest BCUT2D eigenvalue weighted by molar-refractivity contribution is -0.112. The molecule has 1 saturated heterocycles. The van der Waals surface area contributed by atoms with Crippen molar-refractivity contribution < 1.29 is 14.6 Å². The van der Waals surface area contributed by atoms with Crippen LogP contribution >= 0.6 is 0 Å². The van der Waals surface area contributed by atoms with E-state index in [0.717, 1.165) is 18.8 Å². The number of carbonyl (C=O) groups is 1. The van der Waals surface area contributed by atoms with Crippen molar-refractivity contribution in [3.63, 3.8) is 0 Å². The molecule has 0 radical (unpaired) electrons. The van der Waals surface area contributed by atoms with E-state index < -0.39 is 0 Å². The summed E-state index contributed by atoms with van der Waals surface area (Å²) in [6.07, 6.45) is 0. The van der Waals surface area contributed by atoms with Gasteiger partial charge in [-0.3, -0.25) is 4.79 Å². The molecule has 2 aromatic carbocycles. The number of benzene rings is 2. The van der Waals surface area contributed by atoms with Gasteiger partial charge in [0.1, 0.15) is 11.4 Å². The van der Waals surface area contributed by atoms with Crippen LogP contribution in [0.1, 0.15) is 13.8 Å². The number of anilines is 2. The highest BCUT2D eigenvalue weighted by Gasteiger charge is 2.36. The molecule has 0 atom stereocenters. The fourth-order valence-electron chi connectivity index (χ4n) is 3.73. The first-order chi connectivity index (χ1) is 15.1. The number of nitrogens with zero attached hydrogens (tertiary/aromatic N) is 5. The van der Waals surface area contributed by atoms with Crippen molar-refractivity contribution in [1.29, 1.82) is 0 Å². The third kappa shape index (κ3) is 4.25. The molecule has 0 bridgehead atoms. The zero-order chi connectivity index (χ0) is 21.8. The number of carbonyl (C=O) groups excluding carboxylic acids is 1. The average molecular weight is 422 g/mol. The zero-order valence-electron chi connectivity index (χ0n) is 17.9. The molecule has 0 saturated carbocycles. The van der Waals surface area contributed by atoms with Gasteiger partial charge in [-0.2, -0.15) is 5.01 Å². The van der Waals surface area contributed by atoms with E-state index in [1.165, 1.54) is 5.01 Å². The van der Waals surface area contributed by atoms with Gasteiger partial charge in [0, 0.05) is 37.9 Å². The summed E-state index contributed by atoms with van der Waals surface area (Å²) in [5.74, 6) is 0.216. The molecule has 1 fully saturated rings. The van der Waals surface area contributed by atoms with Crippen LogP contribution in [0.25, 0.3) is 0 Å². The molecule has 0 spiro atoms. The van der Waals surface area contributed by atoms with Gasteiger partial charge in [-0.25, -0.2) is 4.99 Å². The normalized spacial score (nSPS) is 17.9. The van der Waals surface area contributed by atoms with Crippen LogP contribution < -0.4 is 9.91 Å². The van der Waals surface area contributed by atoms with Gasteiger partial charge in [0.05, 0.1) is 18.9 Å². The molecule has 0 aliphatic carbocycles. The Morgan fingerprint density at radius 1 is 1.10 bits per heavy atom. The van der Waals surface area contributed by atoms with Crippen LogP contribution in [-0.2, 0) is 9.53 Å². The van der Waals surface area contributed by atoms with Crippen molar-refractivity contribution >= 4 is 34.5 Å². The highest BCUT2D eigenvalue weighted by atomic mass is 16.5. The fraction of sp³-hybridized carbons (Fsp3) is 0.348. The van der Waals surface area contributed by atoms with E-state index in [4.69, 9.17) is 4.74 Å². The molecule has 162 valence electrons. The Balaban J connectivity index is 1.72. The van der Waals surface area contributed by atoms with Gasteiger partial charge in [0.25, 0.3) is 0 Å². The van der Waals surface area contributed by atoms with Gasteiger partial charge in [0.2, 0.25) is 0 Å². The van der Waals surface area contributed by atoms with Crippen molar-refractivity contribution in [1.82, 2.24) is 4.90 Å². The molecule has 31 heavy (non-hydrogen) atoms. The van der Waals surface area contributed by atoms with Gasteiger partial charge >= 0.3 is 5.91 Å². The van der Waals surface area contributed by atoms with Gasteiger partial charge in [-0.1, -0.05) is 18.2 Å². The molecule has 0 aromatic heterocycles. The number of amidine groups is 1. The predicted molar refractivity (Wildman–Crippen MR) is 123 cm³/mol. The van der Waals surface area contributed by atoms with Crippen LogP contribution in [0.5, 0.6) is 5.75 Å². The summed E-state index contributed by atoms with van der Waals surface area (Å²) in [5.41, 5.74) is 2.15. The van der Waals surface area contributed by atoms with Crippen LogP contribution in [0.15, 0.2) is 58.6 Å². The Morgan fingerprint density at radius 2 is 1.81 bits per heavy atom. The Labute approximate surface area is 182 Å². The quantitative estimate of drug-likeness (QED) is 0.803. The lowest BCUT2D eigenvalue weighted by Crippen LogP contribution is -2.44. The number of morpholine rings is 1. The first-order valence-corrected chi connectivity index (χ1v) is 10.6. The third-order valence-electron chi connectivity index (χ3n) is 5.43. The van der Waals surface area contributed by atoms with Crippen LogP contribution in [-0.4, -0.2) is 66.9 Å². The van der Waals surface area contributed by atoms with Gasteiger partial charge in [0.15, 0.2) is 11.5 Å². The van der Waals surface area contributed by atoms with Crippen LogP contribution in [0.2, 0.25) is 0 Å². The number of aromatic hydroxyl groups is 1. The van der Waals surface area contributed by atoms with E-state index in [1.807, 2.05) is 41.3 Å². The number of phenols is 1. The second-order valence-electron chi connectivity index (χ2n) is 7.28. The molecular weight excluding hydrogens is 394 g/mol. The molecule has 0 unspecified atom stereocenters. The molecular formula is C23H27N5O3. The summed E-state index contributed by atoms with van der Waals surface area (Å²) in [5, 5.41) is 16.6. The van der Waals surface area contributed by atoms with Crippen molar-refractivity contribution in [3.05, 3.63) is 48.5 Å². The van der Waals surface area contributed by atoms with Gasteiger partial charge in [-0.15, -0.1) is 5.10 Å². The molecule has 2 heterocycles. The van der Waals surface area contributed by atoms with Crippen LogP contribution in [0.4, 0.5) is 17.1 Å². The van der Waals surface area contributed by atoms with Gasteiger partial charge in [-0.05, 0) is 38.1 Å². The summed E-state index contributed by atoms with van der Waals surface area (Å²) >= 11 is 0. The minimum absolute atomic E-state index is 0.0317. The maximum atomic E-state index is 13.3. The van der Waals surface area contributed by atoms with E-state index in [9.17, 15) is 9.90 Å². The summed E-state index contributed by atoms with van der Waals surface area (Å²) in [6, 6.07) is 14.6. The third-order valence-corrected chi connectivity index (χ3v) is 5.43. The molecule has 1 amide bonds. The van der Waals surface area contributed by atoms with E-state index in [2.05, 4.69) is 28.8 Å². The molecule has 8 nitrogen and oxygen atoms in total. The topological polar surface area (TPSA) is 81.0 Å². The Hall–Kier alpha value is -3.39. The minimum Gasteiger partial charge on any atom is -0.506 e. The summed E-state index contributed by atoms with van der Waals surface area (Å²) in [4.78, 5) is 22.0. The minimum atomic E-state index is -0.320. The van der Waals surface area contributed by atoms with Crippen molar-refractivity contribution in [2.75, 3.05) is 49.3 Å². The van der Waals surface area contributed by atoms with Crippen LogP contribution in [0, 0.1) is 0 Å². The van der Waals surface area contributed by atoms with E-state index in [0.29, 0.717) is 43.5 Å². The number of hydrogen-bond acceptors (Lipinski definition) is 7. The maximum Gasteiger partial charge on any atom is 0.301 e. The maximum absolute atomic E-state index is 13.3. The molecule has 1 N–H and O–H groups in total. The van der Waals surface area contributed by atoms with Crippen molar-refractivity contribution in [2.24, 2.45) is 10.1 Å². The van der Waals surface area contributed by atoms with E-state index >= 15 is 0 Å². The van der Waals surface area contributed by atoms with Crippen molar-refractivity contribution in [2.45, 2.75) is 13.8 Å². The Morgan fingerprint density at radius 3 is 2.45 bits per heavy atom. The van der Waals surface area contributed by atoms with E-state index in [-0.39, 0.29) is 17.4 Å². The lowest BCUT2D eigenvalue weighted by Gasteiger charge is -2.27. The first-order valence-electron chi connectivity index (χ1n) is 10.6. The number of amides is 1. The molecule has 2 aromatic rings.